The molecule has 1 fully saturated rings. The van der Waals surface area contributed by atoms with Crippen LogP contribution in [0, 0.1) is 13.8 Å². The number of amides is 1. The minimum atomic E-state index is -0.0271. The molecule has 1 aromatic carbocycles. The number of carbonyl (C=O) groups is 1. The van der Waals surface area contributed by atoms with Crippen LogP contribution in [0.3, 0.4) is 0 Å². The van der Waals surface area contributed by atoms with E-state index in [-0.39, 0.29) is 5.91 Å². The van der Waals surface area contributed by atoms with E-state index in [1.165, 1.54) is 0 Å². The quantitative estimate of drug-likeness (QED) is 0.547. The summed E-state index contributed by atoms with van der Waals surface area (Å²) >= 11 is 9.81. The number of hydrogen-bond donors (Lipinski definition) is 0. The molecule has 1 amide bonds. The van der Waals surface area contributed by atoms with Gasteiger partial charge in [-0.1, -0.05) is 29.8 Å². The summed E-state index contributed by atoms with van der Waals surface area (Å²) in [6.45, 7) is 8.22. The highest BCUT2D eigenvalue weighted by Gasteiger charge is 2.24. The lowest BCUT2D eigenvalue weighted by Gasteiger charge is -2.34. The average Bonchev–Trinajstić information content (AvgIpc) is 3.31. The second-order valence-corrected chi connectivity index (χ2v) is 8.73. The summed E-state index contributed by atoms with van der Waals surface area (Å²) in [6, 6.07) is 9.68. The van der Waals surface area contributed by atoms with E-state index in [0.717, 1.165) is 46.1 Å². The normalized spacial score (nSPS) is 15.0. The van der Waals surface area contributed by atoms with Gasteiger partial charge in [-0.05, 0) is 47.5 Å². The van der Waals surface area contributed by atoms with E-state index >= 15 is 0 Å². The fourth-order valence-corrected chi connectivity index (χ4v) is 4.12. The molecule has 1 aliphatic rings. The average molecular weight is 492 g/mol. The number of carbonyl (C=O) groups excluding carboxylic acids is 1. The predicted molar refractivity (Wildman–Crippen MR) is 120 cm³/mol. The number of aryl methyl sites for hydroxylation is 1. The molecule has 158 valence electrons. The Balaban J connectivity index is 1.34. The first-order valence-electron chi connectivity index (χ1n) is 9.90. The minimum absolute atomic E-state index is 0.0271. The van der Waals surface area contributed by atoms with Gasteiger partial charge < -0.3 is 4.90 Å². The van der Waals surface area contributed by atoms with Crippen molar-refractivity contribution in [3.8, 4) is 0 Å². The first kappa shape index (κ1) is 21.1. The molecule has 0 atom stereocenters. The van der Waals surface area contributed by atoms with E-state index in [1.807, 2.05) is 53.9 Å². The van der Waals surface area contributed by atoms with Gasteiger partial charge in [0.15, 0.2) is 0 Å². The zero-order chi connectivity index (χ0) is 21.3. The molecule has 2 aromatic heterocycles. The highest BCUT2D eigenvalue weighted by Crippen LogP contribution is 2.20. The van der Waals surface area contributed by atoms with E-state index in [2.05, 4.69) is 31.0 Å². The molecule has 7 nitrogen and oxygen atoms in total. The number of aromatic nitrogens is 4. The van der Waals surface area contributed by atoms with Gasteiger partial charge in [0.2, 0.25) is 0 Å². The van der Waals surface area contributed by atoms with Crippen LogP contribution in [0.5, 0.6) is 0 Å². The van der Waals surface area contributed by atoms with Crippen molar-refractivity contribution < 1.29 is 4.79 Å². The van der Waals surface area contributed by atoms with Crippen LogP contribution >= 0.6 is 27.5 Å². The van der Waals surface area contributed by atoms with Gasteiger partial charge in [0.25, 0.3) is 5.91 Å². The van der Waals surface area contributed by atoms with Crippen molar-refractivity contribution in [1.29, 1.82) is 0 Å². The van der Waals surface area contributed by atoms with Crippen LogP contribution in [0.25, 0.3) is 0 Å². The van der Waals surface area contributed by atoms with E-state index in [1.54, 1.807) is 10.7 Å². The van der Waals surface area contributed by atoms with Crippen LogP contribution in [0.1, 0.15) is 27.4 Å². The fourth-order valence-electron chi connectivity index (χ4n) is 3.64. The number of benzene rings is 1. The van der Waals surface area contributed by atoms with Crippen molar-refractivity contribution in [2.24, 2.45) is 0 Å². The number of halogens is 2. The summed E-state index contributed by atoms with van der Waals surface area (Å²) in [7, 11) is 0. The SMILES string of the molecule is Cc1nn(Cn2ccc(C(=O)N3CCN(Cc4ccccc4Cl)CC3)n2)c(C)c1Br. The summed E-state index contributed by atoms with van der Waals surface area (Å²) < 4.78 is 4.61. The highest BCUT2D eigenvalue weighted by atomic mass is 79.9. The van der Waals surface area contributed by atoms with E-state index in [0.29, 0.717) is 25.5 Å². The Morgan fingerprint density at radius 1 is 1.10 bits per heavy atom. The summed E-state index contributed by atoms with van der Waals surface area (Å²) in [5, 5.41) is 9.76. The maximum atomic E-state index is 12.9. The maximum Gasteiger partial charge on any atom is 0.274 e. The number of nitrogens with zero attached hydrogens (tertiary/aromatic N) is 6. The number of hydrogen-bond acceptors (Lipinski definition) is 4. The molecular formula is C21H24BrClN6O. The lowest BCUT2D eigenvalue weighted by molar-refractivity contribution is 0.0621. The Morgan fingerprint density at radius 2 is 1.83 bits per heavy atom. The molecule has 0 N–H and O–H groups in total. The summed E-state index contributed by atoms with van der Waals surface area (Å²) in [4.78, 5) is 17.1. The molecule has 0 aliphatic carbocycles. The maximum absolute atomic E-state index is 12.9. The van der Waals surface area contributed by atoms with Crippen molar-refractivity contribution >= 4 is 33.4 Å². The molecule has 3 heterocycles. The minimum Gasteiger partial charge on any atom is -0.335 e. The Morgan fingerprint density at radius 3 is 2.50 bits per heavy atom. The van der Waals surface area contributed by atoms with Crippen molar-refractivity contribution in [3.63, 3.8) is 0 Å². The summed E-state index contributed by atoms with van der Waals surface area (Å²) in [6.07, 6.45) is 1.82. The molecule has 4 rings (SSSR count). The van der Waals surface area contributed by atoms with Gasteiger partial charge in [-0.15, -0.1) is 0 Å². The zero-order valence-corrected chi connectivity index (χ0v) is 19.4. The molecule has 0 bridgehead atoms. The Kier molecular flexibility index (Phi) is 6.26. The van der Waals surface area contributed by atoms with E-state index < -0.39 is 0 Å². The highest BCUT2D eigenvalue weighted by molar-refractivity contribution is 9.10. The molecule has 1 aliphatic heterocycles. The molecule has 3 aromatic rings. The summed E-state index contributed by atoms with van der Waals surface area (Å²) in [5.74, 6) is -0.0271. The molecule has 0 unspecified atom stereocenters. The van der Waals surface area contributed by atoms with Gasteiger partial charge in [-0.25, -0.2) is 4.68 Å². The molecule has 0 saturated carbocycles. The van der Waals surface area contributed by atoms with Gasteiger partial charge in [0.05, 0.1) is 15.9 Å². The molecule has 0 radical (unpaired) electrons. The second kappa shape index (κ2) is 8.91. The third-order valence-corrected chi connectivity index (χ3v) is 6.96. The number of piperazine rings is 1. The van der Waals surface area contributed by atoms with Crippen molar-refractivity contribution in [1.82, 2.24) is 29.4 Å². The Labute approximate surface area is 189 Å². The first-order chi connectivity index (χ1) is 14.4. The number of rotatable bonds is 5. The van der Waals surface area contributed by atoms with Crippen molar-refractivity contribution in [2.75, 3.05) is 26.2 Å². The van der Waals surface area contributed by atoms with Crippen LogP contribution in [0.15, 0.2) is 41.0 Å². The lowest BCUT2D eigenvalue weighted by Crippen LogP contribution is -2.48. The fraction of sp³-hybridized carbons (Fsp3) is 0.381. The van der Waals surface area contributed by atoms with Gasteiger partial charge in [0.1, 0.15) is 12.4 Å². The van der Waals surface area contributed by atoms with Gasteiger partial charge in [-0.2, -0.15) is 10.2 Å². The monoisotopic (exact) mass is 490 g/mol. The van der Waals surface area contributed by atoms with Crippen LogP contribution in [0.4, 0.5) is 0 Å². The lowest BCUT2D eigenvalue weighted by atomic mass is 10.2. The first-order valence-corrected chi connectivity index (χ1v) is 11.1. The van der Waals surface area contributed by atoms with Crippen LogP contribution in [-0.4, -0.2) is 61.4 Å². The molecular weight excluding hydrogens is 468 g/mol. The van der Waals surface area contributed by atoms with Crippen LogP contribution in [-0.2, 0) is 13.2 Å². The van der Waals surface area contributed by atoms with Gasteiger partial charge in [-0.3, -0.25) is 14.4 Å². The molecule has 1 saturated heterocycles. The molecule has 30 heavy (non-hydrogen) atoms. The smallest absolute Gasteiger partial charge is 0.274 e. The van der Waals surface area contributed by atoms with E-state index in [4.69, 9.17) is 11.6 Å². The standard InChI is InChI=1S/C21H24BrClN6O/c1-15-20(22)16(2)29(24-15)14-28-8-7-19(25-28)21(30)27-11-9-26(10-12-27)13-17-5-3-4-6-18(17)23/h3-8H,9-14H2,1-2H3. The van der Waals surface area contributed by atoms with Crippen molar-refractivity contribution in [2.45, 2.75) is 27.1 Å². The Hall–Kier alpha value is -2.16. The van der Waals surface area contributed by atoms with Gasteiger partial charge >= 0.3 is 0 Å². The third kappa shape index (κ3) is 4.45. The van der Waals surface area contributed by atoms with E-state index in [9.17, 15) is 4.79 Å². The summed E-state index contributed by atoms with van der Waals surface area (Å²) in [5.41, 5.74) is 3.56. The third-order valence-electron chi connectivity index (χ3n) is 5.44. The predicted octanol–water partition coefficient (Wildman–Crippen LogP) is 3.58. The van der Waals surface area contributed by atoms with Gasteiger partial charge in [0, 0.05) is 43.9 Å². The topological polar surface area (TPSA) is 59.2 Å². The molecule has 9 heteroatoms. The largest absolute Gasteiger partial charge is 0.335 e. The second-order valence-electron chi connectivity index (χ2n) is 7.53. The van der Waals surface area contributed by atoms with Crippen LogP contribution < -0.4 is 0 Å². The Bertz CT molecular complexity index is 1050. The molecule has 0 spiro atoms. The van der Waals surface area contributed by atoms with Crippen LogP contribution in [0.2, 0.25) is 5.02 Å². The zero-order valence-electron chi connectivity index (χ0n) is 17.1. The van der Waals surface area contributed by atoms with Crippen molar-refractivity contribution in [3.05, 3.63) is 68.7 Å².